The molecule has 2 unspecified atom stereocenters. The summed E-state index contributed by atoms with van der Waals surface area (Å²) in [6.45, 7) is 2.17. The zero-order valence-electron chi connectivity index (χ0n) is 7.15. The molecule has 2 atom stereocenters. The summed E-state index contributed by atoms with van der Waals surface area (Å²) in [5.74, 6) is 0.389. The van der Waals surface area contributed by atoms with Crippen molar-refractivity contribution < 1.29 is 4.39 Å². The second-order valence-corrected chi connectivity index (χ2v) is 5.29. The third kappa shape index (κ3) is 1.46. The average Bonchev–Trinajstić information content (AvgIpc) is 2.38. The third-order valence-electron chi connectivity index (χ3n) is 2.56. The minimum atomic E-state index is -0.160. The van der Waals surface area contributed by atoms with Crippen molar-refractivity contribution in [2.75, 3.05) is 0 Å². The molecular formula is C10H9Br2F. The molecule has 1 aliphatic carbocycles. The van der Waals surface area contributed by atoms with Gasteiger partial charge in [-0.05, 0) is 45.5 Å². The van der Waals surface area contributed by atoms with Crippen molar-refractivity contribution >= 4 is 31.9 Å². The summed E-state index contributed by atoms with van der Waals surface area (Å²) >= 11 is 6.91. The van der Waals surface area contributed by atoms with Crippen molar-refractivity contribution in [1.29, 1.82) is 0 Å². The molecule has 0 aromatic heterocycles. The van der Waals surface area contributed by atoms with Crippen LogP contribution in [0.2, 0.25) is 0 Å². The number of rotatable bonds is 0. The lowest BCUT2D eigenvalue weighted by molar-refractivity contribution is 0.611. The van der Waals surface area contributed by atoms with E-state index >= 15 is 0 Å². The summed E-state index contributed by atoms with van der Waals surface area (Å²) in [6, 6.07) is 3.40. The van der Waals surface area contributed by atoms with Crippen LogP contribution in [0.5, 0.6) is 0 Å². The van der Waals surface area contributed by atoms with E-state index in [1.807, 2.05) is 6.07 Å². The Kier molecular flexibility index (Phi) is 2.49. The predicted molar refractivity (Wildman–Crippen MR) is 58.6 cm³/mol. The Morgan fingerprint density at radius 1 is 1.46 bits per heavy atom. The molecule has 0 nitrogen and oxygen atoms in total. The van der Waals surface area contributed by atoms with Crippen LogP contribution in [0.15, 0.2) is 16.6 Å². The van der Waals surface area contributed by atoms with Crippen molar-refractivity contribution in [3.05, 3.63) is 33.5 Å². The van der Waals surface area contributed by atoms with Gasteiger partial charge >= 0.3 is 0 Å². The zero-order chi connectivity index (χ0) is 9.59. The van der Waals surface area contributed by atoms with Crippen molar-refractivity contribution in [3.8, 4) is 0 Å². The maximum atomic E-state index is 13.2. The van der Waals surface area contributed by atoms with E-state index in [1.165, 1.54) is 11.6 Å². The lowest BCUT2D eigenvalue weighted by atomic mass is 10.1. The Bertz CT molecular complexity index is 349. The van der Waals surface area contributed by atoms with Crippen LogP contribution in [-0.2, 0) is 6.42 Å². The van der Waals surface area contributed by atoms with Crippen molar-refractivity contribution in [1.82, 2.24) is 0 Å². The normalized spacial score (nSPS) is 26.2. The third-order valence-corrected chi connectivity index (χ3v) is 4.81. The molecule has 0 saturated carbocycles. The Morgan fingerprint density at radius 3 is 2.85 bits per heavy atom. The average molecular weight is 308 g/mol. The number of halogens is 3. The fraction of sp³-hybridized carbons (Fsp3) is 0.400. The number of fused-ring (bicyclic) bond motifs is 1. The molecule has 1 aliphatic rings. The van der Waals surface area contributed by atoms with Crippen LogP contribution in [-0.4, -0.2) is 0 Å². The molecular weight excluding hydrogens is 299 g/mol. The van der Waals surface area contributed by atoms with Gasteiger partial charge in [0.1, 0.15) is 5.82 Å². The van der Waals surface area contributed by atoms with Crippen molar-refractivity contribution in [2.24, 2.45) is 5.92 Å². The lowest BCUT2D eigenvalue weighted by Crippen LogP contribution is -1.93. The van der Waals surface area contributed by atoms with Crippen molar-refractivity contribution in [3.63, 3.8) is 0 Å². The quantitative estimate of drug-likeness (QED) is 0.630. The largest absolute Gasteiger partial charge is 0.206 e. The first-order valence-corrected chi connectivity index (χ1v) is 5.93. The SMILES string of the molecule is CC1Cc2c(ccc(F)c2Br)C1Br. The Labute approximate surface area is 93.8 Å². The summed E-state index contributed by atoms with van der Waals surface area (Å²) in [5, 5.41) is 0. The van der Waals surface area contributed by atoms with Gasteiger partial charge in [-0.15, -0.1) is 0 Å². The van der Waals surface area contributed by atoms with E-state index in [4.69, 9.17) is 0 Å². The Hall–Kier alpha value is 0.110. The van der Waals surface area contributed by atoms with Crippen LogP contribution in [0.25, 0.3) is 0 Å². The molecule has 1 aromatic carbocycles. The van der Waals surface area contributed by atoms with E-state index in [2.05, 4.69) is 38.8 Å². The van der Waals surface area contributed by atoms with Gasteiger partial charge < -0.3 is 0 Å². The maximum absolute atomic E-state index is 13.2. The molecule has 13 heavy (non-hydrogen) atoms. The molecule has 0 N–H and O–H groups in total. The summed E-state index contributed by atoms with van der Waals surface area (Å²) in [4.78, 5) is 0.374. The fourth-order valence-electron chi connectivity index (χ4n) is 1.81. The van der Waals surface area contributed by atoms with Crippen LogP contribution in [0, 0.1) is 11.7 Å². The molecule has 3 heteroatoms. The van der Waals surface area contributed by atoms with E-state index in [1.54, 1.807) is 0 Å². The second-order valence-electron chi connectivity index (χ2n) is 3.51. The first-order chi connectivity index (χ1) is 6.11. The molecule has 70 valence electrons. The van der Waals surface area contributed by atoms with Crippen LogP contribution in [0.3, 0.4) is 0 Å². The van der Waals surface area contributed by atoms with Gasteiger partial charge in [0, 0.05) is 4.83 Å². The molecule has 0 saturated heterocycles. The highest BCUT2D eigenvalue weighted by Gasteiger charge is 2.29. The minimum Gasteiger partial charge on any atom is -0.206 e. The summed E-state index contributed by atoms with van der Waals surface area (Å²) < 4.78 is 13.8. The molecule has 0 aliphatic heterocycles. The summed E-state index contributed by atoms with van der Waals surface area (Å²) in [7, 11) is 0. The van der Waals surface area contributed by atoms with E-state index in [-0.39, 0.29) is 5.82 Å². The Morgan fingerprint density at radius 2 is 2.15 bits per heavy atom. The van der Waals surface area contributed by atoms with Gasteiger partial charge in [0.05, 0.1) is 4.47 Å². The first-order valence-electron chi connectivity index (χ1n) is 4.22. The summed E-state index contributed by atoms with van der Waals surface area (Å²) in [6.07, 6.45) is 0.948. The highest BCUT2D eigenvalue weighted by Crippen LogP contribution is 2.44. The lowest BCUT2D eigenvalue weighted by Gasteiger charge is -2.06. The molecule has 0 spiro atoms. The number of alkyl halides is 1. The van der Waals surface area contributed by atoms with E-state index in [0.717, 1.165) is 12.0 Å². The van der Waals surface area contributed by atoms with Crippen LogP contribution >= 0.6 is 31.9 Å². The summed E-state index contributed by atoms with van der Waals surface area (Å²) in [5.41, 5.74) is 2.34. The van der Waals surface area contributed by atoms with Gasteiger partial charge in [-0.2, -0.15) is 0 Å². The number of benzene rings is 1. The topological polar surface area (TPSA) is 0 Å². The van der Waals surface area contributed by atoms with Crippen molar-refractivity contribution in [2.45, 2.75) is 18.2 Å². The molecule has 0 heterocycles. The Balaban J connectivity index is 2.57. The van der Waals surface area contributed by atoms with Crippen LogP contribution < -0.4 is 0 Å². The minimum absolute atomic E-state index is 0.160. The van der Waals surface area contributed by atoms with Gasteiger partial charge in [0.25, 0.3) is 0 Å². The van der Waals surface area contributed by atoms with E-state index in [9.17, 15) is 4.39 Å². The molecule has 0 bridgehead atoms. The predicted octanol–water partition coefficient (Wildman–Crippen LogP) is 4.22. The maximum Gasteiger partial charge on any atom is 0.137 e. The van der Waals surface area contributed by atoms with Crippen LogP contribution in [0.4, 0.5) is 4.39 Å². The molecule has 0 amide bonds. The monoisotopic (exact) mass is 306 g/mol. The smallest absolute Gasteiger partial charge is 0.137 e. The number of hydrogen-bond acceptors (Lipinski definition) is 0. The first kappa shape index (κ1) is 9.66. The highest BCUT2D eigenvalue weighted by atomic mass is 79.9. The van der Waals surface area contributed by atoms with Gasteiger partial charge in [-0.25, -0.2) is 4.39 Å². The van der Waals surface area contributed by atoms with Gasteiger partial charge in [0.15, 0.2) is 0 Å². The number of hydrogen-bond donors (Lipinski definition) is 0. The standard InChI is InChI=1S/C10H9Br2F/c1-5-4-7-6(9(5)11)2-3-8(13)10(7)12/h2-3,5,9H,4H2,1H3. The molecule has 2 rings (SSSR count). The van der Waals surface area contributed by atoms with Gasteiger partial charge in [-0.1, -0.05) is 28.9 Å². The van der Waals surface area contributed by atoms with E-state index in [0.29, 0.717) is 15.2 Å². The second kappa shape index (κ2) is 3.35. The van der Waals surface area contributed by atoms with Gasteiger partial charge in [0.2, 0.25) is 0 Å². The molecule has 0 fully saturated rings. The molecule has 0 radical (unpaired) electrons. The van der Waals surface area contributed by atoms with Crippen LogP contribution in [0.1, 0.15) is 22.9 Å². The van der Waals surface area contributed by atoms with Gasteiger partial charge in [-0.3, -0.25) is 0 Å². The fourth-order valence-corrected chi connectivity index (χ4v) is 2.94. The zero-order valence-corrected chi connectivity index (χ0v) is 10.3. The van der Waals surface area contributed by atoms with E-state index < -0.39 is 0 Å². The highest BCUT2D eigenvalue weighted by molar-refractivity contribution is 9.10. The molecule has 1 aromatic rings.